The summed E-state index contributed by atoms with van der Waals surface area (Å²) in [5.74, 6) is -2.82. The van der Waals surface area contributed by atoms with Gasteiger partial charge in [0.2, 0.25) is 0 Å². The molecule has 0 saturated carbocycles. The van der Waals surface area contributed by atoms with Crippen LogP contribution in [-0.4, -0.2) is 0 Å². The van der Waals surface area contributed by atoms with E-state index >= 15 is 8.78 Å². The van der Waals surface area contributed by atoms with Crippen LogP contribution in [0.25, 0.3) is 27.8 Å². The lowest BCUT2D eigenvalue weighted by Gasteiger charge is -2.22. The highest BCUT2D eigenvalue weighted by Crippen LogP contribution is 2.37. The summed E-state index contributed by atoms with van der Waals surface area (Å²) < 4.78 is 60.0. The summed E-state index contributed by atoms with van der Waals surface area (Å²) >= 11 is 0. The molecule has 1 aliphatic carbocycles. The van der Waals surface area contributed by atoms with Gasteiger partial charge in [-0.1, -0.05) is 92.9 Å². The Labute approximate surface area is 230 Å². The Kier molecular flexibility index (Phi) is 10.2. The molecule has 206 valence electrons. The first-order valence-corrected chi connectivity index (χ1v) is 14.3. The molecule has 0 nitrogen and oxygen atoms in total. The third-order valence-corrected chi connectivity index (χ3v) is 7.89. The number of allylic oxidation sites excluding steroid dienone is 4. The van der Waals surface area contributed by atoms with Crippen LogP contribution in [-0.2, 0) is 6.42 Å². The first kappa shape index (κ1) is 28.9. The third kappa shape index (κ3) is 6.90. The molecule has 0 spiro atoms. The maximum atomic E-state index is 15.2. The van der Waals surface area contributed by atoms with E-state index in [0.29, 0.717) is 34.6 Å². The smallest absolute Gasteiger partial charge is 0.167 e. The van der Waals surface area contributed by atoms with Crippen molar-refractivity contribution in [3.05, 3.63) is 101 Å². The van der Waals surface area contributed by atoms with Crippen LogP contribution in [0.1, 0.15) is 82.8 Å². The predicted molar refractivity (Wildman–Crippen MR) is 154 cm³/mol. The number of rotatable bonds is 11. The molecule has 4 heteroatoms. The van der Waals surface area contributed by atoms with Crippen LogP contribution < -0.4 is 0 Å². The van der Waals surface area contributed by atoms with E-state index in [1.807, 2.05) is 6.92 Å². The van der Waals surface area contributed by atoms with Gasteiger partial charge in [0, 0.05) is 16.7 Å². The second-order valence-corrected chi connectivity index (χ2v) is 10.6. The summed E-state index contributed by atoms with van der Waals surface area (Å²) in [6.45, 7) is 4.13. The van der Waals surface area contributed by atoms with Gasteiger partial charge in [-0.25, -0.2) is 17.6 Å². The Hall–Kier alpha value is -3.14. The summed E-state index contributed by atoms with van der Waals surface area (Å²) in [5, 5.41) is 0. The number of unbranched alkanes of at least 4 members (excludes halogenated alkanes) is 3. The SMILES string of the molecule is C/C=C/CCC1CC=C(c2ccc(-c3ccc(-c4ccc(CCCCCC)c(F)c4F)cc3)c(F)c2F)CC1. The van der Waals surface area contributed by atoms with Crippen molar-refractivity contribution < 1.29 is 17.6 Å². The molecule has 1 atom stereocenters. The van der Waals surface area contributed by atoms with Crippen molar-refractivity contribution in [3.8, 4) is 22.3 Å². The number of benzene rings is 3. The third-order valence-electron chi connectivity index (χ3n) is 7.89. The number of hydrogen-bond acceptors (Lipinski definition) is 0. The molecule has 1 aliphatic rings. The minimum Gasteiger partial charge on any atom is -0.203 e. The molecule has 3 aromatic rings. The van der Waals surface area contributed by atoms with Gasteiger partial charge in [-0.3, -0.25) is 0 Å². The van der Waals surface area contributed by atoms with Crippen molar-refractivity contribution in [2.45, 2.75) is 78.1 Å². The van der Waals surface area contributed by atoms with E-state index in [1.165, 1.54) is 0 Å². The molecular weight excluding hydrogens is 496 g/mol. The van der Waals surface area contributed by atoms with Crippen LogP contribution in [0.15, 0.2) is 66.8 Å². The van der Waals surface area contributed by atoms with E-state index < -0.39 is 23.3 Å². The Bertz CT molecular complexity index is 1320. The second-order valence-electron chi connectivity index (χ2n) is 10.6. The number of hydrogen-bond donors (Lipinski definition) is 0. The predicted octanol–water partition coefficient (Wildman–Crippen LogP) is 11.2. The van der Waals surface area contributed by atoms with Gasteiger partial charge < -0.3 is 0 Å². The van der Waals surface area contributed by atoms with Gasteiger partial charge in [-0.05, 0) is 80.1 Å². The summed E-state index contributed by atoms with van der Waals surface area (Å²) in [4.78, 5) is 0. The van der Waals surface area contributed by atoms with Gasteiger partial charge in [-0.2, -0.15) is 0 Å². The van der Waals surface area contributed by atoms with Gasteiger partial charge in [0.1, 0.15) is 0 Å². The first-order valence-electron chi connectivity index (χ1n) is 14.3. The molecular formula is C35H38F4. The summed E-state index contributed by atoms with van der Waals surface area (Å²) in [5.41, 5.74) is 2.86. The largest absolute Gasteiger partial charge is 0.203 e. The molecule has 0 aromatic heterocycles. The fourth-order valence-corrected chi connectivity index (χ4v) is 5.49. The fraction of sp³-hybridized carbons (Fsp3) is 0.371. The van der Waals surface area contributed by atoms with E-state index in [-0.39, 0.29) is 11.1 Å². The molecule has 1 unspecified atom stereocenters. The minimum atomic E-state index is -0.888. The molecule has 0 heterocycles. The van der Waals surface area contributed by atoms with Gasteiger partial charge >= 0.3 is 0 Å². The summed E-state index contributed by atoms with van der Waals surface area (Å²) in [7, 11) is 0. The van der Waals surface area contributed by atoms with Crippen LogP contribution in [0.2, 0.25) is 0 Å². The average Bonchev–Trinajstić information content (AvgIpc) is 2.96. The van der Waals surface area contributed by atoms with Crippen molar-refractivity contribution in [3.63, 3.8) is 0 Å². The van der Waals surface area contributed by atoms with Crippen LogP contribution in [0.4, 0.5) is 17.6 Å². The molecule has 0 radical (unpaired) electrons. The lowest BCUT2D eigenvalue weighted by atomic mass is 9.83. The maximum absolute atomic E-state index is 15.2. The normalized spacial score (nSPS) is 15.6. The average molecular weight is 535 g/mol. The van der Waals surface area contributed by atoms with E-state index in [1.54, 1.807) is 48.5 Å². The highest BCUT2D eigenvalue weighted by Gasteiger charge is 2.21. The zero-order valence-corrected chi connectivity index (χ0v) is 23.0. The first-order chi connectivity index (χ1) is 18.9. The van der Waals surface area contributed by atoms with E-state index in [0.717, 1.165) is 63.4 Å². The van der Waals surface area contributed by atoms with E-state index in [9.17, 15) is 8.78 Å². The molecule has 3 aromatic carbocycles. The highest BCUT2D eigenvalue weighted by atomic mass is 19.2. The molecule has 0 N–H and O–H groups in total. The number of halogens is 4. The number of aryl methyl sites for hydroxylation is 1. The Morgan fingerprint density at radius 2 is 1.36 bits per heavy atom. The standard InChI is InChI=1S/C35H38F4/c1-3-5-7-9-11-28-20-21-29(33(37)32(28)36)26-16-18-27(19-17-26)31-23-22-30(34(38)35(31)39)25-14-12-24(13-15-25)10-8-6-4-2/h4,6,14,16-24H,3,5,7-13,15H2,1-2H3/b6-4+. The molecule has 0 aliphatic heterocycles. The zero-order valence-electron chi connectivity index (χ0n) is 23.0. The maximum Gasteiger partial charge on any atom is 0.167 e. The van der Waals surface area contributed by atoms with Gasteiger partial charge in [0.25, 0.3) is 0 Å². The molecule has 0 fully saturated rings. The quantitative estimate of drug-likeness (QED) is 0.130. The zero-order chi connectivity index (χ0) is 27.8. The Balaban J connectivity index is 1.49. The van der Waals surface area contributed by atoms with Crippen molar-refractivity contribution in [1.82, 2.24) is 0 Å². The highest BCUT2D eigenvalue weighted by molar-refractivity contribution is 5.74. The lowest BCUT2D eigenvalue weighted by Crippen LogP contribution is -2.07. The molecule has 39 heavy (non-hydrogen) atoms. The van der Waals surface area contributed by atoms with Crippen molar-refractivity contribution >= 4 is 5.57 Å². The molecule has 4 rings (SSSR count). The minimum absolute atomic E-state index is 0.150. The Morgan fingerprint density at radius 3 is 1.97 bits per heavy atom. The molecule has 0 amide bonds. The second kappa shape index (κ2) is 13.8. The van der Waals surface area contributed by atoms with Crippen LogP contribution in [0.5, 0.6) is 0 Å². The van der Waals surface area contributed by atoms with Crippen molar-refractivity contribution in [1.29, 1.82) is 0 Å². The Morgan fingerprint density at radius 1 is 0.744 bits per heavy atom. The molecule has 0 saturated heterocycles. The van der Waals surface area contributed by atoms with Crippen LogP contribution in [0, 0.1) is 29.2 Å². The monoisotopic (exact) mass is 534 g/mol. The summed E-state index contributed by atoms with van der Waals surface area (Å²) in [6.07, 6.45) is 15.5. The van der Waals surface area contributed by atoms with Gasteiger partial charge in [0.05, 0.1) is 0 Å². The van der Waals surface area contributed by atoms with Crippen LogP contribution >= 0.6 is 0 Å². The van der Waals surface area contributed by atoms with Crippen molar-refractivity contribution in [2.75, 3.05) is 0 Å². The van der Waals surface area contributed by atoms with Crippen LogP contribution in [0.3, 0.4) is 0 Å². The van der Waals surface area contributed by atoms with E-state index in [2.05, 4.69) is 25.2 Å². The molecule has 0 bridgehead atoms. The van der Waals surface area contributed by atoms with Gasteiger partial charge in [-0.15, -0.1) is 0 Å². The fourth-order valence-electron chi connectivity index (χ4n) is 5.49. The topological polar surface area (TPSA) is 0 Å². The summed E-state index contributed by atoms with van der Waals surface area (Å²) in [6, 6.07) is 13.0. The van der Waals surface area contributed by atoms with Crippen molar-refractivity contribution in [2.24, 2.45) is 5.92 Å². The van der Waals surface area contributed by atoms with Gasteiger partial charge in [0.15, 0.2) is 23.3 Å². The van der Waals surface area contributed by atoms with E-state index in [4.69, 9.17) is 0 Å². The lowest BCUT2D eigenvalue weighted by molar-refractivity contribution is 0.452.